The first-order chi connectivity index (χ1) is 16.0. The number of H-pyrrole nitrogens is 1. The average molecular weight is 450 g/mol. The van der Waals surface area contributed by atoms with Crippen molar-refractivity contribution in [1.82, 2.24) is 29.9 Å². The second kappa shape index (κ2) is 8.19. The van der Waals surface area contributed by atoms with Crippen LogP contribution in [-0.4, -0.2) is 42.3 Å². The molecule has 3 heterocycles. The van der Waals surface area contributed by atoms with Crippen LogP contribution < -0.4 is 5.56 Å². The van der Waals surface area contributed by atoms with Crippen molar-refractivity contribution >= 4 is 16.7 Å². The average Bonchev–Trinajstić information content (AvgIpc) is 3.25. The molecule has 0 spiro atoms. The van der Waals surface area contributed by atoms with Gasteiger partial charge in [0.25, 0.3) is 11.5 Å². The van der Waals surface area contributed by atoms with Crippen LogP contribution >= 0.6 is 0 Å². The molecule has 0 bridgehead atoms. The van der Waals surface area contributed by atoms with Gasteiger partial charge in [0.1, 0.15) is 12.5 Å². The van der Waals surface area contributed by atoms with Gasteiger partial charge in [-0.2, -0.15) is 5.10 Å². The first-order valence-corrected chi connectivity index (χ1v) is 10.5. The molecule has 1 atom stereocenters. The van der Waals surface area contributed by atoms with E-state index >= 15 is 0 Å². The summed E-state index contributed by atoms with van der Waals surface area (Å²) in [6.45, 7) is 1.50. The highest BCUT2D eigenvalue weighted by Crippen LogP contribution is 2.25. The number of halogens is 2. The number of hydrogen-bond acceptors (Lipinski definition) is 5. The Bertz CT molecular complexity index is 1430. The van der Waals surface area contributed by atoms with Crippen molar-refractivity contribution in [1.29, 1.82) is 0 Å². The van der Waals surface area contributed by atoms with E-state index in [1.54, 1.807) is 28.8 Å². The van der Waals surface area contributed by atoms with Gasteiger partial charge in [0.2, 0.25) is 0 Å². The van der Waals surface area contributed by atoms with Crippen LogP contribution in [0, 0.1) is 5.82 Å². The highest BCUT2D eigenvalue weighted by molar-refractivity contribution is 5.95. The van der Waals surface area contributed by atoms with Crippen LogP contribution in [0.2, 0.25) is 0 Å². The predicted octanol–water partition coefficient (Wildman–Crippen LogP) is 2.93. The summed E-state index contributed by atoms with van der Waals surface area (Å²) in [6, 6.07) is 11.2. The molecule has 0 saturated carbocycles. The van der Waals surface area contributed by atoms with E-state index in [-0.39, 0.29) is 36.1 Å². The molecule has 1 aliphatic rings. The first kappa shape index (κ1) is 20.9. The minimum absolute atomic E-state index is 0.0629. The lowest BCUT2D eigenvalue weighted by Gasteiger charge is -2.32. The molecule has 0 radical (unpaired) electrons. The zero-order valence-corrected chi connectivity index (χ0v) is 17.8. The van der Waals surface area contributed by atoms with Crippen LogP contribution in [0.25, 0.3) is 10.8 Å². The number of hydrogen-bond donors (Lipinski definition) is 1. The minimum atomic E-state index is -0.741. The standard InChI is InChI=1S/C23H20F2N6O2/c1-13-11-30(12-21-28-27-20(10-24)31(13)21)23(33)17-8-14(6-7-18(17)25)9-19-15-4-2-3-5-16(15)22(32)29-26-19/h2-8,13H,9-12H2,1H3,(H,29,32). The van der Waals surface area contributed by atoms with Crippen LogP contribution in [0.5, 0.6) is 0 Å². The molecule has 168 valence electrons. The molecule has 4 aromatic rings. The van der Waals surface area contributed by atoms with Crippen molar-refractivity contribution in [3.05, 3.63) is 87.1 Å². The summed E-state index contributed by atoms with van der Waals surface area (Å²) in [7, 11) is 0. The monoisotopic (exact) mass is 450 g/mol. The van der Waals surface area contributed by atoms with E-state index in [9.17, 15) is 18.4 Å². The normalized spacial score (nSPS) is 15.6. The van der Waals surface area contributed by atoms with E-state index in [4.69, 9.17) is 0 Å². The zero-order chi connectivity index (χ0) is 23.1. The van der Waals surface area contributed by atoms with E-state index < -0.39 is 18.4 Å². The maximum absolute atomic E-state index is 14.7. The third-order valence-electron chi connectivity index (χ3n) is 5.91. The van der Waals surface area contributed by atoms with Gasteiger partial charge >= 0.3 is 0 Å². The fourth-order valence-electron chi connectivity index (χ4n) is 4.38. The summed E-state index contributed by atoms with van der Waals surface area (Å²) in [5.74, 6) is -0.419. The third-order valence-corrected chi connectivity index (χ3v) is 5.91. The summed E-state index contributed by atoms with van der Waals surface area (Å²) >= 11 is 0. The van der Waals surface area contributed by atoms with Crippen LogP contribution in [0.15, 0.2) is 47.3 Å². The molecule has 2 aromatic carbocycles. The number of amides is 1. The lowest BCUT2D eigenvalue weighted by molar-refractivity contribution is 0.0674. The van der Waals surface area contributed by atoms with Crippen molar-refractivity contribution in [2.24, 2.45) is 0 Å². The Balaban J connectivity index is 1.44. The van der Waals surface area contributed by atoms with Gasteiger partial charge in [0, 0.05) is 18.4 Å². The second-order valence-electron chi connectivity index (χ2n) is 8.11. The number of fused-ring (bicyclic) bond motifs is 2. The molecule has 1 amide bonds. The summed E-state index contributed by atoms with van der Waals surface area (Å²) < 4.78 is 29.5. The second-order valence-corrected chi connectivity index (χ2v) is 8.11. The SMILES string of the molecule is CC1CN(C(=O)c2cc(Cc3n[nH]c(=O)c4ccccc34)ccc2F)Cc2nnc(CF)n21. The Hall–Kier alpha value is -3.95. The lowest BCUT2D eigenvalue weighted by atomic mass is 10.0. The van der Waals surface area contributed by atoms with Gasteiger partial charge in [0.15, 0.2) is 11.6 Å². The van der Waals surface area contributed by atoms with Crippen molar-refractivity contribution in [2.45, 2.75) is 32.6 Å². The number of nitrogens with zero attached hydrogens (tertiary/aromatic N) is 5. The zero-order valence-electron chi connectivity index (χ0n) is 17.8. The van der Waals surface area contributed by atoms with E-state index in [0.29, 0.717) is 34.3 Å². The van der Waals surface area contributed by atoms with Gasteiger partial charge in [0.05, 0.1) is 29.2 Å². The van der Waals surface area contributed by atoms with Crippen molar-refractivity contribution in [3.63, 3.8) is 0 Å². The van der Waals surface area contributed by atoms with E-state index in [2.05, 4.69) is 20.4 Å². The molecule has 1 aliphatic heterocycles. The van der Waals surface area contributed by atoms with Crippen molar-refractivity contribution in [2.75, 3.05) is 6.54 Å². The van der Waals surface area contributed by atoms with Crippen LogP contribution in [-0.2, 0) is 19.6 Å². The number of aromatic nitrogens is 5. The summed E-state index contributed by atoms with van der Waals surface area (Å²) in [6.07, 6.45) is 0.308. The van der Waals surface area contributed by atoms with E-state index in [1.165, 1.54) is 17.0 Å². The maximum Gasteiger partial charge on any atom is 0.272 e. The number of nitrogens with one attached hydrogen (secondary N) is 1. The number of alkyl halides is 1. The van der Waals surface area contributed by atoms with Gasteiger partial charge in [-0.3, -0.25) is 9.59 Å². The number of aromatic amines is 1. The molecule has 0 aliphatic carbocycles. The predicted molar refractivity (Wildman–Crippen MR) is 116 cm³/mol. The maximum atomic E-state index is 14.7. The molecule has 0 fully saturated rings. The molecule has 0 saturated heterocycles. The lowest BCUT2D eigenvalue weighted by Crippen LogP contribution is -2.41. The molecule has 10 heteroatoms. The fraction of sp³-hybridized carbons (Fsp3) is 0.261. The molecule has 33 heavy (non-hydrogen) atoms. The molecule has 1 N–H and O–H groups in total. The van der Waals surface area contributed by atoms with E-state index in [0.717, 1.165) is 0 Å². The van der Waals surface area contributed by atoms with Crippen molar-refractivity contribution < 1.29 is 13.6 Å². The largest absolute Gasteiger partial charge is 0.329 e. The number of carbonyl (C=O) groups is 1. The van der Waals surface area contributed by atoms with Crippen molar-refractivity contribution in [3.8, 4) is 0 Å². The third kappa shape index (κ3) is 3.67. The summed E-state index contributed by atoms with van der Waals surface area (Å²) in [5, 5.41) is 15.7. The molecule has 1 unspecified atom stereocenters. The first-order valence-electron chi connectivity index (χ1n) is 10.5. The highest BCUT2D eigenvalue weighted by Gasteiger charge is 2.30. The van der Waals surface area contributed by atoms with Gasteiger partial charge < -0.3 is 9.47 Å². The molecule has 5 rings (SSSR count). The van der Waals surface area contributed by atoms with Gasteiger partial charge in [-0.1, -0.05) is 24.3 Å². The van der Waals surface area contributed by atoms with Gasteiger partial charge in [-0.05, 0) is 30.7 Å². The Morgan fingerprint density at radius 1 is 1.18 bits per heavy atom. The van der Waals surface area contributed by atoms with Crippen LogP contribution in [0.3, 0.4) is 0 Å². The summed E-state index contributed by atoms with van der Waals surface area (Å²) in [5.41, 5.74) is 0.950. The Kier molecular flexibility index (Phi) is 5.20. The highest BCUT2D eigenvalue weighted by atomic mass is 19.1. The topological polar surface area (TPSA) is 96.8 Å². The Morgan fingerprint density at radius 2 is 1.97 bits per heavy atom. The molecular weight excluding hydrogens is 430 g/mol. The van der Waals surface area contributed by atoms with Gasteiger partial charge in [-0.15, -0.1) is 10.2 Å². The fourth-order valence-corrected chi connectivity index (χ4v) is 4.38. The van der Waals surface area contributed by atoms with E-state index in [1.807, 2.05) is 13.0 Å². The number of benzene rings is 2. The number of rotatable bonds is 4. The Morgan fingerprint density at radius 3 is 2.76 bits per heavy atom. The van der Waals surface area contributed by atoms with Crippen LogP contribution in [0.4, 0.5) is 8.78 Å². The Labute approximate surface area is 186 Å². The molecular formula is C23H20F2N6O2. The molecule has 2 aromatic heterocycles. The number of carbonyl (C=O) groups excluding carboxylic acids is 1. The smallest absolute Gasteiger partial charge is 0.272 e. The molecule has 8 nitrogen and oxygen atoms in total. The summed E-state index contributed by atoms with van der Waals surface area (Å²) in [4.78, 5) is 26.7. The van der Waals surface area contributed by atoms with Crippen LogP contribution in [0.1, 0.15) is 46.2 Å². The quantitative estimate of drug-likeness (QED) is 0.516. The minimum Gasteiger partial charge on any atom is -0.329 e. The van der Waals surface area contributed by atoms with Gasteiger partial charge in [-0.25, -0.2) is 13.9 Å².